The molecule has 3 aromatic carbocycles. The second-order valence-corrected chi connectivity index (χ2v) is 8.55. The number of amides is 1. The summed E-state index contributed by atoms with van der Waals surface area (Å²) in [5.41, 5.74) is 3.03. The lowest BCUT2D eigenvalue weighted by Gasteiger charge is -2.29. The van der Waals surface area contributed by atoms with Gasteiger partial charge < -0.3 is 15.0 Å². The minimum Gasteiger partial charge on any atom is -0.493 e. The van der Waals surface area contributed by atoms with Gasteiger partial charge in [0.25, 0.3) is 5.91 Å². The van der Waals surface area contributed by atoms with E-state index in [9.17, 15) is 4.79 Å². The first-order chi connectivity index (χ1) is 15.6. The summed E-state index contributed by atoms with van der Waals surface area (Å²) in [5, 5.41) is 5.19. The van der Waals surface area contributed by atoms with Gasteiger partial charge in [0.05, 0.1) is 18.2 Å². The maximum absolute atomic E-state index is 13.4. The van der Waals surface area contributed by atoms with Crippen LogP contribution in [0.25, 0.3) is 10.8 Å². The largest absolute Gasteiger partial charge is 0.493 e. The van der Waals surface area contributed by atoms with Gasteiger partial charge in [0.1, 0.15) is 5.75 Å². The highest BCUT2D eigenvalue weighted by Crippen LogP contribution is 2.30. The van der Waals surface area contributed by atoms with Gasteiger partial charge in [-0.25, -0.2) is 0 Å². The van der Waals surface area contributed by atoms with Crippen molar-refractivity contribution in [2.75, 3.05) is 45.2 Å². The van der Waals surface area contributed by atoms with Gasteiger partial charge in [-0.15, -0.1) is 0 Å². The van der Waals surface area contributed by atoms with Crippen molar-refractivity contribution in [2.45, 2.75) is 25.8 Å². The van der Waals surface area contributed by atoms with Crippen molar-refractivity contribution < 1.29 is 9.53 Å². The van der Waals surface area contributed by atoms with E-state index in [-0.39, 0.29) is 11.9 Å². The molecule has 1 heterocycles. The first kappa shape index (κ1) is 22.2. The molecule has 1 saturated heterocycles. The molecule has 1 aliphatic rings. The summed E-state index contributed by atoms with van der Waals surface area (Å²) >= 11 is 0. The molecule has 5 heteroatoms. The smallest absolute Gasteiger partial charge is 0.255 e. The topological polar surface area (TPSA) is 44.8 Å². The van der Waals surface area contributed by atoms with Crippen molar-refractivity contribution >= 4 is 22.4 Å². The summed E-state index contributed by atoms with van der Waals surface area (Å²) in [4.78, 5) is 18.0. The second-order valence-electron chi connectivity index (χ2n) is 8.55. The molecule has 1 N–H and O–H groups in total. The zero-order valence-corrected chi connectivity index (χ0v) is 19.3. The van der Waals surface area contributed by atoms with Crippen molar-refractivity contribution in [2.24, 2.45) is 0 Å². The van der Waals surface area contributed by atoms with Crippen LogP contribution in [0.15, 0.2) is 60.7 Å². The molecule has 0 aliphatic carbocycles. The van der Waals surface area contributed by atoms with Crippen LogP contribution < -0.4 is 15.0 Å². The van der Waals surface area contributed by atoms with E-state index in [1.165, 1.54) is 24.1 Å². The molecule has 0 unspecified atom stereocenters. The van der Waals surface area contributed by atoms with Crippen LogP contribution in [-0.4, -0.2) is 51.1 Å². The monoisotopic (exact) mass is 431 g/mol. The molecule has 1 fully saturated rings. The highest BCUT2D eigenvalue weighted by Gasteiger charge is 2.25. The lowest BCUT2D eigenvalue weighted by molar-refractivity contribution is 0.0936. The minimum absolute atomic E-state index is 0.0839. The number of carbonyl (C=O) groups is 1. The van der Waals surface area contributed by atoms with E-state index in [0.717, 1.165) is 23.9 Å². The molecule has 168 valence electrons. The van der Waals surface area contributed by atoms with Gasteiger partial charge in [-0.3, -0.25) is 9.69 Å². The number of likely N-dealkylation sites (tertiary alicyclic amines) is 1. The van der Waals surface area contributed by atoms with Crippen LogP contribution in [0, 0.1) is 0 Å². The molecule has 0 aromatic heterocycles. The van der Waals surface area contributed by atoms with E-state index < -0.39 is 0 Å². The van der Waals surface area contributed by atoms with Crippen molar-refractivity contribution in [3.05, 3.63) is 71.8 Å². The van der Waals surface area contributed by atoms with Gasteiger partial charge in [0, 0.05) is 26.3 Å². The summed E-state index contributed by atoms with van der Waals surface area (Å²) in [6, 6.07) is 20.7. The number of anilines is 1. The summed E-state index contributed by atoms with van der Waals surface area (Å²) in [6.45, 7) is 5.16. The average Bonchev–Trinajstić information content (AvgIpc) is 3.34. The molecular formula is C27H33N3O2. The van der Waals surface area contributed by atoms with Gasteiger partial charge >= 0.3 is 0 Å². The molecule has 32 heavy (non-hydrogen) atoms. The first-order valence-corrected chi connectivity index (χ1v) is 11.5. The van der Waals surface area contributed by atoms with E-state index in [0.29, 0.717) is 24.5 Å². The molecular weight excluding hydrogens is 398 g/mol. The normalized spacial score (nSPS) is 15.0. The third-order valence-electron chi connectivity index (χ3n) is 6.25. The quantitative estimate of drug-likeness (QED) is 0.553. The predicted octanol–water partition coefficient (Wildman–Crippen LogP) is 4.87. The number of nitrogens with one attached hydrogen (secondary N) is 1. The third kappa shape index (κ3) is 4.73. The Hall–Kier alpha value is -3.05. The number of hydrogen-bond acceptors (Lipinski definition) is 4. The lowest BCUT2D eigenvalue weighted by atomic mass is 10.0. The Labute approximate surface area is 191 Å². The van der Waals surface area contributed by atoms with E-state index in [1.54, 1.807) is 0 Å². The van der Waals surface area contributed by atoms with Crippen molar-refractivity contribution in [1.29, 1.82) is 0 Å². The first-order valence-electron chi connectivity index (χ1n) is 11.5. The van der Waals surface area contributed by atoms with Crippen LogP contribution in [0.5, 0.6) is 5.75 Å². The van der Waals surface area contributed by atoms with E-state index in [4.69, 9.17) is 4.74 Å². The Bertz CT molecular complexity index is 1060. The molecule has 1 atom stereocenters. The van der Waals surface area contributed by atoms with Crippen molar-refractivity contribution in [1.82, 2.24) is 10.2 Å². The molecule has 1 aliphatic heterocycles. The van der Waals surface area contributed by atoms with E-state index >= 15 is 0 Å². The summed E-state index contributed by atoms with van der Waals surface area (Å²) in [5.74, 6) is 0.552. The van der Waals surface area contributed by atoms with Gasteiger partial charge in [-0.05, 0) is 67.4 Å². The average molecular weight is 432 g/mol. The number of ether oxygens (including phenoxy) is 1. The minimum atomic E-state index is -0.0839. The van der Waals surface area contributed by atoms with E-state index in [2.05, 4.69) is 39.4 Å². The predicted molar refractivity (Wildman–Crippen MR) is 132 cm³/mol. The molecule has 0 spiro atoms. The van der Waals surface area contributed by atoms with Crippen LogP contribution in [0.3, 0.4) is 0 Å². The van der Waals surface area contributed by atoms with Crippen molar-refractivity contribution in [3.63, 3.8) is 0 Å². The number of rotatable bonds is 8. The Morgan fingerprint density at radius 3 is 2.44 bits per heavy atom. The number of carbonyl (C=O) groups excluding carboxylic acids is 1. The van der Waals surface area contributed by atoms with Crippen molar-refractivity contribution in [3.8, 4) is 5.75 Å². The molecule has 4 rings (SSSR count). The molecule has 3 aromatic rings. The summed E-state index contributed by atoms with van der Waals surface area (Å²) in [7, 11) is 4.10. The molecule has 5 nitrogen and oxygen atoms in total. The maximum Gasteiger partial charge on any atom is 0.255 e. The van der Waals surface area contributed by atoms with E-state index in [1.807, 2.05) is 57.4 Å². The number of benzene rings is 3. The fourth-order valence-electron chi connectivity index (χ4n) is 4.54. The van der Waals surface area contributed by atoms with Crippen LogP contribution in [0.2, 0.25) is 0 Å². The van der Waals surface area contributed by atoms with Crippen LogP contribution in [-0.2, 0) is 0 Å². The fourth-order valence-corrected chi connectivity index (χ4v) is 4.54. The van der Waals surface area contributed by atoms with Gasteiger partial charge in [-0.2, -0.15) is 0 Å². The molecule has 0 bridgehead atoms. The molecule has 0 saturated carbocycles. The Kier molecular flexibility index (Phi) is 6.96. The van der Waals surface area contributed by atoms with Gasteiger partial charge in [0.2, 0.25) is 0 Å². The lowest BCUT2D eigenvalue weighted by Crippen LogP contribution is -2.37. The molecule has 0 radical (unpaired) electrons. The number of fused-ring (bicyclic) bond motifs is 1. The van der Waals surface area contributed by atoms with Crippen LogP contribution in [0.4, 0.5) is 5.69 Å². The van der Waals surface area contributed by atoms with Crippen LogP contribution >= 0.6 is 0 Å². The number of hydrogen-bond donors (Lipinski definition) is 1. The molecule has 1 amide bonds. The fraction of sp³-hybridized carbons (Fsp3) is 0.370. The summed E-state index contributed by atoms with van der Waals surface area (Å²) < 4.78 is 5.82. The Morgan fingerprint density at radius 2 is 1.75 bits per heavy atom. The maximum atomic E-state index is 13.4. The van der Waals surface area contributed by atoms with Gasteiger partial charge in [0.15, 0.2) is 0 Å². The Balaban J connectivity index is 1.59. The summed E-state index contributed by atoms with van der Waals surface area (Å²) in [6.07, 6.45) is 2.41. The van der Waals surface area contributed by atoms with Crippen LogP contribution in [0.1, 0.15) is 41.7 Å². The number of nitrogens with zero attached hydrogens (tertiary/aromatic N) is 2. The second kappa shape index (κ2) is 10.0. The Morgan fingerprint density at radius 1 is 1.03 bits per heavy atom. The standard InChI is InChI=1S/C27H33N3O2/c1-4-32-25-16-13-20-9-5-6-10-23(20)26(25)27(31)28-19-24(30-17-7-8-18-30)21-11-14-22(15-12-21)29(2)3/h5-6,9-16,24H,4,7-8,17-19H2,1-3H3,(H,28,31)/t24-/m0/s1. The third-order valence-corrected chi connectivity index (χ3v) is 6.25. The highest BCUT2D eigenvalue weighted by atomic mass is 16.5. The van der Waals surface area contributed by atoms with Gasteiger partial charge in [-0.1, -0.05) is 42.5 Å². The SMILES string of the molecule is CCOc1ccc2ccccc2c1C(=O)NC[C@@H](c1ccc(N(C)C)cc1)N1CCCC1. The highest BCUT2D eigenvalue weighted by molar-refractivity contribution is 6.09. The zero-order chi connectivity index (χ0) is 22.5. The zero-order valence-electron chi connectivity index (χ0n) is 19.3.